The van der Waals surface area contributed by atoms with Gasteiger partial charge in [-0.3, -0.25) is 4.98 Å². The summed E-state index contributed by atoms with van der Waals surface area (Å²) in [4.78, 5) is 4.05. The first kappa shape index (κ1) is 13.0. The monoisotopic (exact) mass is 284 g/mol. The van der Waals surface area contributed by atoms with Crippen molar-refractivity contribution in [3.05, 3.63) is 30.7 Å². The highest BCUT2D eigenvalue weighted by molar-refractivity contribution is 5.56. The van der Waals surface area contributed by atoms with Gasteiger partial charge in [-0.2, -0.15) is 0 Å². The first-order valence-corrected chi connectivity index (χ1v) is 7.80. The lowest BCUT2D eigenvalue weighted by molar-refractivity contribution is -0.931. The van der Waals surface area contributed by atoms with Crippen molar-refractivity contribution in [3.8, 4) is 11.3 Å². The van der Waals surface area contributed by atoms with E-state index in [1.807, 2.05) is 12.1 Å². The zero-order valence-electron chi connectivity index (χ0n) is 12.7. The summed E-state index contributed by atoms with van der Waals surface area (Å²) in [5, 5.41) is 8.75. The molecule has 4 heterocycles. The fraction of sp³-hybridized carbons (Fsp3) is 0.562. The third-order valence-corrected chi connectivity index (χ3v) is 5.66. The number of hydrogen-bond donors (Lipinski definition) is 0. The fourth-order valence-electron chi connectivity index (χ4n) is 4.18. The third kappa shape index (κ3) is 2.07. The Bertz CT molecular complexity index is 617. The van der Waals surface area contributed by atoms with Crippen molar-refractivity contribution in [1.82, 2.24) is 20.0 Å². The van der Waals surface area contributed by atoms with E-state index in [1.54, 1.807) is 12.4 Å². The minimum Gasteiger partial charge on any atom is -0.323 e. The smallest absolute Gasteiger partial charge is 0.113 e. The van der Waals surface area contributed by atoms with Crippen LogP contribution in [0.4, 0.5) is 0 Å². The molecule has 2 aromatic rings. The Kier molecular flexibility index (Phi) is 2.85. The molecule has 2 saturated heterocycles. The zero-order valence-corrected chi connectivity index (χ0v) is 12.7. The van der Waals surface area contributed by atoms with Crippen molar-refractivity contribution in [2.45, 2.75) is 43.8 Å². The largest absolute Gasteiger partial charge is 0.323 e. The molecule has 0 radical (unpaired) electrons. The van der Waals surface area contributed by atoms with Crippen LogP contribution in [0.1, 0.15) is 31.7 Å². The van der Waals surface area contributed by atoms with Crippen LogP contribution in [0.25, 0.3) is 11.3 Å². The number of fused-ring (bicyclic) bond motifs is 2. The predicted molar refractivity (Wildman–Crippen MR) is 80.4 cm³/mol. The maximum atomic E-state index is 4.40. The summed E-state index contributed by atoms with van der Waals surface area (Å²) in [6.07, 6.45) is 10.9. The summed E-state index contributed by atoms with van der Waals surface area (Å²) >= 11 is 0. The van der Waals surface area contributed by atoms with Gasteiger partial charge >= 0.3 is 0 Å². The van der Waals surface area contributed by atoms with Gasteiger partial charge in [0.2, 0.25) is 0 Å². The van der Waals surface area contributed by atoms with Crippen molar-refractivity contribution in [2.24, 2.45) is 0 Å². The SMILES string of the molecule is C[N+]1(C)[C@@H]2CC[C@H]1CC(n1cc(-c3ccncc3)nn1)C2. The second kappa shape index (κ2) is 4.63. The van der Waals surface area contributed by atoms with Gasteiger partial charge in [0.25, 0.3) is 0 Å². The van der Waals surface area contributed by atoms with E-state index in [2.05, 4.69) is 40.3 Å². The summed E-state index contributed by atoms with van der Waals surface area (Å²) in [6.45, 7) is 0. The molecule has 0 N–H and O–H groups in total. The fourth-order valence-corrected chi connectivity index (χ4v) is 4.18. The number of quaternary nitrogens is 1. The first-order valence-electron chi connectivity index (χ1n) is 7.80. The van der Waals surface area contributed by atoms with Crippen LogP contribution < -0.4 is 0 Å². The molecule has 3 atom stereocenters. The molecule has 2 bridgehead atoms. The number of nitrogens with zero attached hydrogens (tertiary/aromatic N) is 5. The minimum absolute atomic E-state index is 0.511. The molecule has 2 aliphatic rings. The molecule has 0 aromatic carbocycles. The number of rotatable bonds is 2. The Balaban J connectivity index is 1.58. The van der Waals surface area contributed by atoms with Gasteiger partial charge in [-0.05, 0) is 12.1 Å². The highest BCUT2D eigenvalue weighted by atomic mass is 15.5. The molecule has 2 fully saturated rings. The second-order valence-electron chi connectivity index (χ2n) is 6.96. The van der Waals surface area contributed by atoms with Gasteiger partial charge in [0, 0.05) is 43.6 Å². The maximum Gasteiger partial charge on any atom is 0.113 e. The number of pyridine rings is 1. The van der Waals surface area contributed by atoms with Gasteiger partial charge in [-0.1, -0.05) is 5.21 Å². The minimum atomic E-state index is 0.511. The first-order chi connectivity index (χ1) is 10.1. The Labute approximate surface area is 125 Å². The average Bonchev–Trinajstić information content (AvgIpc) is 2.99. The topological polar surface area (TPSA) is 43.6 Å². The lowest BCUT2D eigenvalue weighted by atomic mass is 9.96. The van der Waals surface area contributed by atoms with Crippen molar-refractivity contribution in [1.29, 1.82) is 0 Å². The number of piperidine rings is 1. The van der Waals surface area contributed by atoms with Crippen LogP contribution in [0.2, 0.25) is 0 Å². The van der Waals surface area contributed by atoms with E-state index in [0.717, 1.165) is 23.3 Å². The van der Waals surface area contributed by atoms with Crippen LogP contribution in [0.3, 0.4) is 0 Å². The molecule has 110 valence electrons. The Hall–Kier alpha value is -1.75. The average molecular weight is 284 g/mol. The molecule has 21 heavy (non-hydrogen) atoms. The summed E-state index contributed by atoms with van der Waals surface area (Å²) < 4.78 is 3.29. The molecule has 0 spiro atoms. The molecule has 2 aliphatic heterocycles. The van der Waals surface area contributed by atoms with E-state index in [0.29, 0.717) is 6.04 Å². The van der Waals surface area contributed by atoms with Crippen molar-refractivity contribution < 1.29 is 4.48 Å². The number of hydrogen-bond acceptors (Lipinski definition) is 3. The van der Waals surface area contributed by atoms with Crippen molar-refractivity contribution >= 4 is 0 Å². The molecule has 0 amide bonds. The van der Waals surface area contributed by atoms with Gasteiger partial charge < -0.3 is 4.48 Å². The van der Waals surface area contributed by atoms with Crippen LogP contribution in [-0.4, -0.2) is 50.6 Å². The van der Waals surface area contributed by atoms with E-state index in [9.17, 15) is 0 Å². The van der Waals surface area contributed by atoms with Crippen LogP contribution >= 0.6 is 0 Å². The molecular formula is C16H22N5+. The van der Waals surface area contributed by atoms with Crippen molar-refractivity contribution in [3.63, 3.8) is 0 Å². The maximum absolute atomic E-state index is 4.40. The molecular weight excluding hydrogens is 262 g/mol. The molecule has 5 heteroatoms. The molecule has 1 unspecified atom stereocenters. The van der Waals surface area contributed by atoms with E-state index < -0.39 is 0 Å². The standard InChI is InChI=1S/C16H22N5/c1-21(2)14-3-4-15(21)10-13(9-14)20-11-16(18-19-20)12-5-7-17-8-6-12/h5-8,11,13-15H,3-4,9-10H2,1-2H3/q+1/t13?,14-,15+. The molecule has 5 nitrogen and oxygen atoms in total. The molecule has 0 saturated carbocycles. The summed E-state index contributed by atoms with van der Waals surface area (Å²) in [5.74, 6) is 0. The zero-order chi connectivity index (χ0) is 14.4. The lowest BCUT2D eigenvalue weighted by Crippen LogP contribution is -2.54. The Morgan fingerprint density at radius 3 is 2.43 bits per heavy atom. The summed E-state index contributed by atoms with van der Waals surface area (Å²) in [7, 11) is 4.78. The van der Waals surface area contributed by atoms with Crippen LogP contribution in [0.15, 0.2) is 30.7 Å². The number of aromatic nitrogens is 4. The highest BCUT2D eigenvalue weighted by Crippen LogP contribution is 2.43. The van der Waals surface area contributed by atoms with Crippen molar-refractivity contribution in [2.75, 3.05) is 14.1 Å². The lowest BCUT2D eigenvalue weighted by Gasteiger charge is -2.44. The van der Waals surface area contributed by atoms with Gasteiger partial charge in [0.15, 0.2) is 0 Å². The van der Waals surface area contributed by atoms with E-state index in [-0.39, 0.29) is 0 Å². The van der Waals surface area contributed by atoms with Crippen LogP contribution in [0.5, 0.6) is 0 Å². The molecule has 4 rings (SSSR count). The van der Waals surface area contributed by atoms with Gasteiger partial charge in [-0.15, -0.1) is 5.10 Å². The van der Waals surface area contributed by atoms with E-state index in [1.165, 1.54) is 30.2 Å². The van der Waals surface area contributed by atoms with Gasteiger partial charge in [0.05, 0.1) is 38.4 Å². The van der Waals surface area contributed by atoms with E-state index >= 15 is 0 Å². The highest BCUT2D eigenvalue weighted by Gasteiger charge is 2.49. The Morgan fingerprint density at radius 2 is 1.76 bits per heavy atom. The summed E-state index contributed by atoms with van der Waals surface area (Å²) in [5.41, 5.74) is 2.04. The van der Waals surface area contributed by atoms with Gasteiger partial charge in [0.1, 0.15) is 5.69 Å². The summed E-state index contributed by atoms with van der Waals surface area (Å²) in [6, 6.07) is 6.04. The predicted octanol–water partition coefficient (Wildman–Crippen LogP) is 2.28. The second-order valence-corrected chi connectivity index (χ2v) is 6.96. The third-order valence-electron chi connectivity index (χ3n) is 5.66. The van der Waals surface area contributed by atoms with Crippen LogP contribution in [-0.2, 0) is 0 Å². The molecule has 0 aliphatic carbocycles. The quantitative estimate of drug-likeness (QED) is 0.795. The molecule has 2 aromatic heterocycles. The van der Waals surface area contributed by atoms with Gasteiger partial charge in [-0.25, -0.2) is 4.68 Å². The normalized spacial score (nSPS) is 30.5. The van der Waals surface area contributed by atoms with Crippen LogP contribution in [0, 0.1) is 0 Å². The van der Waals surface area contributed by atoms with E-state index in [4.69, 9.17) is 0 Å². The Morgan fingerprint density at radius 1 is 1.10 bits per heavy atom.